The number of guanidine groups is 1. The van der Waals surface area contributed by atoms with Crippen molar-refractivity contribution in [1.29, 1.82) is 5.41 Å². The van der Waals surface area contributed by atoms with Gasteiger partial charge in [0, 0.05) is 24.3 Å². The number of ether oxygens (including phenoxy) is 1. The molecule has 2 aromatic heterocycles. The molecular formula is C21H18N6O2. The van der Waals surface area contributed by atoms with Crippen molar-refractivity contribution >= 4 is 29.6 Å². The van der Waals surface area contributed by atoms with E-state index in [4.69, 9.17) is 10.1 Å². The van der Waals surface area contributed by atoms with Gasteiger partial charge in [-0.05, 0) is 48.5 Å². The Morgan fingerprint density at radius 3 is 2.59 bits per heavy atom. The lowest BCUT2D eigenvalue weighted by atomic mass is 10.2. The number of allylic oxidation sites excluding steroid dienone is 1. The summed E-state index contributed by atoms with van der Waals surface area (Å²) in [6.07, 6.45) is 5.94. The molecule has 0 atom stereocenters. The average molecular weight is 386 g/mol. The summed E-state index contributed by atoms with van der Waals surface area (Å²) in [5, 5.41) is 13.2. The van der Waals surface area contributed by atoms with Gasteiger partial charge in [-0.15, -0.1) is 0 Å². The number of nitrogens with zero attached hydrogens (tertiary/aromatic N) is 3. The summed E-state index contributed by atoms with van der Waals surface area (Å²) in [7, 11) is 0. The Hall–Kier alpha value is -4.33. The molecule has 0 unspecified atom stereocenters. The molecule has 0 aliphatic heterocycles. The van der Waals surface area contributed by atoms with Crippen LogP contribution in [0.2, 0.25) is 0 Å². The van der Waals surface area contributed by atoms with Crippen LogP contribution in [0.3, 0.4) is 0 Å². The second-order valence-corrected chi connectivity index (χ2v) is 5.64. The van der Waals surface area contributed by atoms with Crippen molar-refractivity contribution in [3.05, 3.63) is 85.2 Å². The Bertz CT molecular complexity index is 1030. The fourth-order valence-corrected chi connectivity index (χ4v) is 2.28. The minimum atomic E-state index is -0.548. The zero-order valence-electron chi connectivity index (χ0n) is 15.4. The van der Waals surface area contributed by atoms with E-state index in [2.05, 4.69) is 32.2 Å². The summed E-state index contributed by atoms with van der Waals surface area (Å²) >= 11 is 0. The normalized spacial score (nSPS) is 10.3. The molecule has 0 bridgehead atoms. The number of nitrogens with one attached hydrogen (secondary N) is 3. The predicted octanol–water partition coefficient (Wildman–Crippen LogP) is 3.93. The van der Waals surface area contributed by atoms with Crippen molar-refractivity contribution in [2.24, 2.45) is 4.99 Å². The smallest absolute Gasteiger partial charge is 0.263 e. The molecule has 0 saturated carbocycles. The lowest BCUT2D eigenvalue weighted by molar-refractivity contribution is 0.0973. The molecule has 3 aromatic rings. The first-order valence-corrected chi connectivity index (χ1v) is 8.61. The third-order valence-electron chi connectivity index (χ3n) is 3.56. The molecule has 3 rings (SSSR count). The van der Waals surface area contributed by atoms with Gasteiger partial charge in [0.1, 0.15) is 17.1 Å². The molecule has 144 valence electrons. The Kier molecular flexibility index (Phi) is 6.41. The maximum absolute atomic E-state index is 12.4. The van der Waals surface area contributed by atoms with Crippen LogP contribution in [-0.2, 0) is 0 Å². The third kappa shape index (κ3) is 5.57. The van der Waals surface area contributed by atoms with Crippen LogP contribution in [0.1, 0.15) is 10.4 Å². The first kappa shape index (κ1) is 19.4. The minimum Gasteiger partial charge on any atom is -0.438 e. The molecule has 1 amide bonds. The number of hydrogen-bond acceptors (Lipinski definition) is 6. The fourth-order valence-electron chi connectivity index (χ4n) is 2.28. The van der Waals surface area contributed by atoms with Gasteiger partial charge >= 0.3 is 0 Å². The van der Waals surface area contributed by atoms with Crippen molar-refractivity contribution in [2.45, 2.75) is 0 Å². The highest BCUT2D eigenvalue weighted by molar-refractivity contribution is 6.07. The van der Waals surface area contributed by atoms with E-state index >= 15 is 0 Å². The molecule has 8 nitrogen and oxygen atoms in total. The van der Waals surface area contributed by atoms with E-state index in [0.717, 1.165) is 11.5 Å². The number of amides is 1. The average Bonchev–Trinajstić information content (AvgIpc) is 2.75. The van der Waals surface area contributed by atoms with Crippen molar-refractivity contribution in [3.8, 4) is 11.6 Å². The van der Waals surface area contributed by atoms with Gasteiger partial charge in [-0.1, -0.05) is 18.7 Å². The standard InChI is InChI=1S/C21H18N6O2/c1-2-12-25-21(22)27-19(28)17-6-5-14-24-20(17)29-16-10-8-15(9-11-16)26-18-7-3-4-13-23-18/h2-14H,1H2,(H,23,26)(H2,22,27,28). The number of rotatable bonds is 6. The number of carbonyl (C=O) groups is 1. The van der Waals surface area contributed by atoms with E-state index < -0.39 is 5.91 Å². The second kappa shape index (κ2) is 9.56. The van der Waals surface area contributed by atoms with Gasteiger partial charge in [0.25, 0.3) is 5.91 Å². The van der Waals surface area contributed by atoms with Crippen LogP contribution in [0.5, 0.6) is 11.6 Å². The molecule has 29 heavy (non-hydrogen) atoms. The summed E-state index contributed by atoms with van der Waals surface area (Å²) in [6.45, 7) is 3.46. The minimum absolute atomic E-state index is 0.121. The number of aromatic nitrogens is 2. The van der Waals surface area contributed by atoms with E-state index in [1.807, 2.05) is 30.3 Å². The van der Waals surface area contributed by atoms with Crippen LogP contribution in [0.4, 0.5) is 11.5 Å². The fraction of sp³-hybridized carbons (Fsp3) is 0. The molecule has 0 radical (unpaired) electrons. The molecule has 0 aliphatic rings. The molecule has 8 heteroatoms. The Balaban J connectivity index is 1.70. The number of pyridine rings is 2. The number of aliphatic imine (C=N–C) groups is 1. The quantitative estimate of drug-likeness (QED) is 0.439. The van der Waals surface area contributed by atoms with Gasteiger partial charge < -0.3 is 10.1 Å². The van der Waals surface area contributed by atoms with Crippen LogP contribution in [-0.4, -0.2) is 28.0 Å². The molecular weight excluding hydrogens is 368 g/mol. The number of carbonyl (C=O) groups excluding carboxylic acids is 1. The van der Waals surface area contributed by atoms with Gasteiger partial charge in [-0.2, -0.15) is 0 Å². The maximum Gasteiger partial charge on any atom is 0.263 e. The first-order valence-electron chi connectivity index (χ1n) is 8.61. The summed E-state index contributed by atoms with van der Waals surface area (Å²) in [5.74, 6) is 0.494. The summed E-state index contributed by atoms with van der Waals surface area (Å²) in [4.78, 5) is 24.4. The monoisotopic (exact) mass is 386 g/mol. The van der Waals surface area contributed by atoms with Crippen LogP contribution in [0.25, 0.3) is 0 Å². The van der Waals surface area contributed by atoms with Crippen LogP contribution in [0, 0.1) is 5.41 Å². The lowest BCUT2D eigenvalue weighted by Gasteiger charge is -2.10. The van der Waals surface area contributed by atoms with Gasteiger partial charge in [-0.3, -0.25) is 15.5 Å². The Labute approximate surface area is 167 Å². The first-order chi connectivity index (χ1) is 14.2. The van der Waals surface area contributed by atoms with Gasteiger partial charge in [0.2, 0.25) is 11.8 Å². The summed E-state index contributed by atoms with van der Waals surface area (Å²) in [6, 6.07) is 15.9. The van der Waals surface area contributed by atoms with E-state index in [-0.39, 0.29) is 17.4 Å². The van der Waals surface area contributed by atoms with E-state index in [1.165, 1.54) is 18.5 Å². The summed E-state index contributed by atoms with van der Waals surface area (Å²) in [5.41, 5.74) is 1.02. The van der Waals surface area contributed by atoms with Crippen molar-refractivity contribution in [2.75, 3.05) is 5.32 Å². The maximum atomic E-state index is 12.4. The largest absolute Gasteiger partial charge is 0.438 e. The molecule has 0 aliphatic carbocycles. The molecule has 0 fully saturated rings. The van der Waals surface area contributed by atoms with E-state index in [9.17, 15) is 4.79 Å². The second-order valence-electron chi connectivity index (χ2n) is 5.64. The van der Waals surface area contributed by atoms with E-state index in [1.54, 1.807) is 30.5 Å². The number of anilines is 2. The topological polar surface area (TPSA) is 112 Å². The lowest BCUT2D eigenvalue weighted by Crippen LogP contribution is -2.28. The highest BCUT2D eigenvalue weighted by atomic mass is 16.5. The summed E-state index contributed by atoms with van der Waals surface area (Å²) < 4.78 is 5.76. The van der Waals surface area contributed by atoms with Crippen molar-refractivity contribution < 1.29 is 9.53 Å². The van der Waals surface area contributed by atoms with Gasteiger partial charge in [0.15, 0.2) is 0 Å². The molecule has 3 N–H and O–H groups in total. The zero-order valence-corrected chi connectivity index (χ0v) is 15.4. The van der Waals surface area contributed by atoms with Gasteiger partial charge in [-0.25, -0.2) is 15.0 Å². The highest BCUT2D eigenvalue weighted by Gasteiger charge is 2.15. The molecule has 0 spiro atoms. The highest BCUT2D eigenvalue weighted by Crippen LogP contribution is 2.25. The van der Waals surface area contributed by atoms with Crippen molar-refractivity contribution in [3.63, 3.8) is 0 Å². The third-order valence-corrected chi connectivity index (χ3v) is 3.56. The van der Waals surface area contributed by atoms with Crippen LogP contribution in [0.15, 0.2) is 84.6 Å². The molecule has 0 saturated heterocycles. The van der Waals surface area contributed by atoms with Gasteiger partial charge in [0.05, 0.1) is 0 Å². The Morgan fingerprint density at radius 2 is 1.86 bits per heavy atom. The Morgan fingerprint density at radius 1 is 1.07 bits per heavy atom. The van der Waals surface area contributed by atoms with Crippen LogP contribution >= 0.6 is 0 Å². The van der Waals surface area contributed by atoms with E-state index in [0.29, 0.717) is 5.75 Å². The molecule has 2 heterocycles. The number of benzene rings is 1. The predicted molar refractivity (Wildman–Crippen MR) is 112 cm³/mol. The van der Waals surface area contributed by atoms with Crippen LogP contribution < -0.4 is 15.4 Å². The molecule has 1 aromatic carbocycles. The number of hydrogen-bond donors (Lipinski definition) is 3. The zero-order chi connectivity index (χ0) is 20.5. The SMILES string of the molecule is C=CC=NC(=N)NC(=O)c1cccnc1Oc1ccc(Nc2ccccn2)cc1. The van der Waals surface area contributed by atoms with Crippen molar-refractivity contribution in [1.82, 2.24) is 15.3 Å².